The minimum absolute atomic E-state index is 0. The number of ketones is 1. The molecule has 1 aromatic rings. The van der Waals surface area contributed by atoms with Gasteiger partial charge in [-0.05, 0) is 83.4 Å². The number of aliphatic hydroxyl groups excluding tert-OH is 10. The number of aromatic hydroxyl groups is 1. The normalized spacial score (nSPS) is 16.9. The highest BCUT2D eigenvalue weighted by Gasteiger charge is 2.34. The summed E-state index contributed by atoms with van der Waals surface area (Å²) in [6, 6.07) is 4.39. The average molecular weight is 912 g/mol. The minimum atomic E-state index is -1.79. The van der Waals surface area contributed by atoms with Crippen molar-refractivity contribution in [3.63, 3.8) is 0 Å². The molecule has 1 rings (SSSR count). The summed E-state index contributed by atoms with van der Waals surface area (Å²) in [7, 11) is 0. The van der Waals surface area contributed by atoms with Gasteiger partial charge in [0.25, 0.3) is 0 Å². The number of nitrogens with zero attached hydrogens (tertiary/aromatic N) is 1. The van der Waals surface area contributed by atoms with Gasteiger partial charge in [0.2, 0.25) is 5.91 Å². The van der Waals surface area contributed by atoms with Crippen LogP contribution < -0.4 is 11.5 Å². The van der Waals surface area contributed by atoms with Crippen molar-refractivity contribution in [1.82, 2.24) is 4.90 Å². The zero-order valence-electron chi connectivity index (χ0n) is 38.7. The van der Waals surface area contributed by atoms with E-state index in [0.29, 0.717) is 17.9 Å². The number of ether oxygens (including phenoxy) is 2. The number of aliphatic hydroxyl groups is 10. The van der Waals surface area contributed by atoms with Crippen molar-refractivity contribution in [2.24, 2.45) is 23.3 Å². The molecule has 0 aliphatic carbocycles. The first-order valence-corrected chi connectivity index (χ1v) is 21.8. The summed E-state index contributed by atoms with van der Waals surface area (Å²) in [5, 5.41) is 108. The second-order valence-electron chi connectivity index (χ2n) is 17.2. The highest BCUT2D eigenvalue weighted by atomic mass is 16.5. The molecule has 374 valence electrons. The van der Waals surface area contributed by atoms with E-state index >= 15 is 0 Å². The number of nitrogens with two attached hydrogens (primary N) is 2. The third-order valence-corrected chi connectivity index (χ3v) is 9.94. The lowest BCUT2D eigenvalue weighted by Gasteiger charge is -2.33. The van der Waals surface area contributed by atoms with Crippen LogP contribution in [0.3, 0.4) is 0 Å². The van der Waals surface area contributed by atoms with Gasteiger partial charge in [-0.15, -0.1) is 0 Å². The molecule has 0 saturated carbocycles. The number of carbonyl (C=O) groups is 2. The Bertz CT molecular complexity index is 1280. The Labute approximate surface area is 376 Å². The maximum absolute atomic E-state index is 11.2. The quantitative estimate of drug-likeness (QED) is 0.0504. The second-order valence-corrected chi connectivity index (χ2v) is 17.2. The predicted molar refractivity (Wildman–Crippen MR) is 242 cm³/mol. The molecular weight excluding hydrogens is 823 g/mol. The van der Waals surface area contributed by atoms with Crippen LogP contribution in [-0.4, -0.2) is 179 Å². The van der Waals surface area contributed by atoms with Crippen LogP contribution >= 0.6 is 0 Å². The summed E-state index contributed by atoms with van der Waals surface area (Å²) in [6.07, 6.45) is -7.42. The first-order chi connectivity index (χ1) is 28.8. The van der Waals surface area contributed by atoms with Gasteiger partial charge in [0.15, 0.2) is 0 Å². The number of phenols is 1. The third kappa shape index (κ3) is 30.4. The number of carbonyl (C=O) groups excluding carboxylic acids is 2. The molecular formula is C45H89N3O15. The van der Waals surface area contributed by atoms with Crippen molar-refractivity contribution in [2.45, 2.75) is 188 Å². The van der Waals surface area contributed by atoms with Gasteiger partial charge in [0.1, 0.15) is 48.1 Å². The molecule has 0 spiro atoms. The van der Waals surface area contributed by atoms with Gasteiger partial charge in [-0.25, -0.2) is 0 Å². The Morgan fingerprint density at radius 2 is 1.24 bits per heavy atom. The molecule has 18 heteroatoms. The van der Waals surface area contributed by atoms with E-state index < -0.39 is 73.5 Å². The van der Waals surface area contributed by atoms with Crippen molar-refractivity contribution in [3.8, 4) is 5.75 Å². The van der Waals surface area contributed by atoms with E-state index in [1.165, 1.54) is 31.1 Å². The van der Waals surface area contributed by atoms with Gasteiger partial charge < -0.3 is 77.1 Å². The van der Waals surface area contributed by atoms with Gasteiger partial charge in [-0.2, -0.15) is 0 Å². The Hall–Kier alpha value is -2.40. The third-order valence-electron chi connectivity index (χ3n) is 9.94. The Kier molecular flexibility index (Phi) is 36.9. The molecule has 0 saturated heterocycles. The minimum Gasteiger partial charge on any atom is -0.508 e. The molecule has 15 N–H and O–H groups in total. The summed E-state index contributed by atoms with van der Waals surface area (Å²) in [5.41, 5.74) is 11.5. The number of primary amides is 1. The molecule has 63 heavy (non-hydrogen) atoms. The van der Waals surface area contributed by atoms with Crippen LogP contribution in [0.2, 0.25) is 0 Å². The fourth-order valence-electron chi connectivity index (χ4n) is 5.91. The van der Waals surface area contributed by atoms with E-state index in [0.717, 1.165) is 17.9 Å². The van der Waals surface area contributed by atoms with Crippen LogP contribution in [-0.2, 0) is 25.5 Å². The van der Waals surface area contributed by atoms with Gasteiger partial charge in [-0.3, -0.25) is 14.5 Å². The first kappa shape index (κ1) is 64.9. The second kappa shape index (κ2) is 35.8. The van der Waals surface area contributed by atoms with Crippen molar-refractivity contribution >= 4 is 11.7 Å². The van der Waals surface area contributed by atoms with Gasteiger partial charge >= 0.3 is 0 Å². The zero-order valence-corrected chi connectivity index (χ0v) is 38.7. The van der Waals surface area contributed by atoms with Crippen LogP contribution in [0.1, 0.15) is 125 Å². The highest BCUT2D eigenvalue weighted by molar-refractivity contribution is 5.79. The predicted octanol–water partition coefficient (Wildman–Crippen LogP) is 0.663. The number of phenolic OH excluding ortho intramolecular Hbond substituents is 1. The summed E-state index contributed by atoms with van der Waals surface area (Å²) in [5.74, 6) is 0.964. The molecule has 0 radical (unpaired) electrons. The van der Waals surface area contributed by atoms with E-state index in [2.05, 4.69) is 20.8 Å². The topological polar surface area (TPSA) is 330 Å². The molecule has 18 nitrogen and oxygen atoms in total. The molecule has 0 aliphatic rings. The molecule has 0 unspecified atom stereocenters. The van der Waals surface area contributed by atoms with Gasteiger partial charge in [0, 0.05) is 31.6 Å². The largest absolute Gasteiger partial charge is 0.508 e. The van der Waals surface area contributed by atoms with Crippen LogP contribution in [0.15, 0.2) is 18.2 Å². The van der Waals surface area contributed by atoms with E-state index in [9.17, 15) is 60.7 Å². The number of rotatable bonds is 30. The van der Waals surface area contributed by atoms with Gasteiger partial charge in [-0.1, -0.05) is 60.5 Å². The van der Waals surface area contributed by atoms with E-state index in [-0.39, 0.29) is 76.9 Å². The molecule has 0 fully saturated rings. The first-order valence-electron chi connectivity index (χ1n) is 21.8. The van der Waals surface area contributed by atoms with Crippen molar-refractivity contribution in [2.75, 3.05) is 39.5 Å². The van der Waals surface area contributed by atoms with E-state index in [1.54, 1.807) is 25.1 Å². The van der Waals surface area contributed by atoms with Crippen molar-refractivity contribution in [1.29, 1.82) is 0 Å². The Morgan fingerprint density at radius 1 is 0.730 bits per heavy atom. The monoisotopic (exact) mass is 912 g/mol. The highest BCUT2D eigenvalue weighted by Crippen LogP contribution is 2.28. The Morgan fingerprint density at radius 3 is 1.68 bits per heavy atom. The lowest BCUT2D eigenvalue weighted by atomic mass is 9.92. The smallest absolute Gasteiger partial charge is 0.236 e. The zero-order chi connectivity index (χ0) is 48.3. The fraction of sp³-hybridized carbons (Fsp3) is 0.822. The SMILES string of the molecule is C.CC(=O)Cc1cc([C@@H](O)CC[C@H](C)CCCC(C)C)ccc1O.CC(C)OC[C@H](N)C(N)=O.CC[C@H](O)[C@H](O)[C@@H](O)[C@H](O)CN(CCOC(C)C)C[C@@H](O)[C@H](O)[C@@H](O)[C@@H](O)CO. The van der Waals surface area contributed by atoms with Crippen molar-refractivity contribution < 1.29 is 75.2 Å². The summed E-state index contributed by atoms with van der Waals surface area (Å²) < 4.78 is 10.5. The summed E-state index contributed by atoms with van der Waals surface area (Å²) in [6.45, 7) is 16.5. The summed E-state index contributed by atoms with van der Waals surface area (Å²) >= 11 is 0. The van der Waals surface area contributed by atoms with Crippen LogP contribution in [0, 0.1) is 11.8 Å². The summed E-state index contributed by atoms with van der Waals surface area (Å²) in [4.78, 5) is 23.0. The fourth-order valence-corrected chi connectivity index (χ4v) is 5.91. The maximum Gasteiger partial charge on any atom is 0.236 e. The van der Waals surface area contributed by atoms with E-state index in [1.807, 2.05) is 27.7 Å². The molecule has 0 heterocycles. The van der Waals surface area contributed by atoms with Crippen LogP contribution in [0.4, 0.5) is 0 Å². The standard InChI is InChI=1S/C20H32O3.C18H39NO10.C6H14N2O2.CH4/c1-14(2)6-5-7-15(3)8-10-19(22)17-9-11-20(23)18(13-17)12-16(4)21;1-4-11(21)15(25)16(26)12(22)7-19(5-6-29-10(2)3)8-13(23)17(27)18(28)14(24)9-20;1-4(2)10-3-5(7)6(8)9;/h9,11,13-15,19,22-23H,5-8,10,12H2,1-4H3;10-18,20-28H,4-9H2,1-3H3;4-5H,3,7H2,1-2H3,(H2,8,9);1H4/t15-,19+;11-,12+,13+,14-,15-,16-,17-,18-;5-;/m100./s1. The number of hydrogen-bond donors (Lipinski definition) is 13. The van der Waals surface area contributed by atoms with Crippen LogP contribution in [0.5, 0.6) is 5.75 Å². The molecule has 0 aliphatic heterocycles. The van der Waals surface area contributed by atoms with Crippen molar-refractivity contribution in [3.05, 3.63) is 29.3 Å². The molecule has 11 atom stereocenters. The maximum atomic E-state index is 11.2. The molecule has 0 bridgehead atoms. The molecule has 1 aromatic carbocycles. The molecule has 1 amide bonds. The number of Topliss-reactive ketones (excluding diaryl/α,β-unsaturated/α-hetero) is 1. The average Bonchev–Trinajstić information content (AvgIpc) is 3.20. The lowest BCUT2D eigenvalue weighted by Crippen LogP contribution is -2.53. The molecule has 0 aromatic heterocycles. The lowest BCUT2D eigenvalue weighted by molar-refractivity contribution is -0.128. The van der Waals surface area contributed by atoms with Gasteiger partial charge in [0.05, 0.1) is 56.4 Å². The number of hydrogen-bond acceptors (Lipinski definition) is 17. The Balaban J connectivity index is -0.000000941. The number of amides is 1. The number of benzene rings is 1. The van der Waals surface area contributed by atoms with Crippen LogP contribution in [0.25, 0.3) is 0 Å². The van der Waals surface area contributed by atoms with E-state index in [4.69, 9.17) is 26.0 Å².